The molecule has 2 unspecified atom stereocenters. The Bertz CT molecular complexity index is 1380. The minimum absolute atomic E-state index is 0.141. The van der Waals surface area contributed by atoms with Crippen LogP contribution in [0.2, 0.25) is 0 Å². The lowest BCUT2D eigenvalue weighted by Crippen LogP contribution is -2.65. The van der Waals surface area contributed by atoms with E-state index in [1.165, 1.54) is 24.5 Å². The van der Waals surface area contributed by atoms with Crippen LogP contribution in [-0.2, 0) is 31.2 Å². The van der Waals surface area contributed by atoms with Crippen molar-refractivity contribution in [2.45, 2.75) is 63.9 Å². The Labute approximate surface area is 250 Å². The van der Waals surface area contributed by atoms with E-state index in [2.05, 4.69) is 15.6 Å². The normalized spacial score (nSPS) is 15.3. The Morgan fingerprint density at radius 1 is 1.07 bits per heavy atom. The average molecular weight is 594 g/mol. The van der Waals surface area contributed by atoms with E-state index >= 15 is 0 Å². The van der Waals surface area contributed by atoms with Gasteiger partial charge in [-0.2, -0.15) is 0 Å². The molecule has 0 radical (unpaired) electrons. The van der Waals surface area contributed by atoms with Gasteiger partial charge in [-0.3, -0.25) is 14.4 Å². The maximum absolute atomic E-state index is 14.1. The second kappa shape index (κ2) is 14.6. The minimum Gasteiger partial charge on any atom is -0.466 e. The molecule has 1 heterocycles. The highest BCUT2D eigenvalue weighted by atomic mass is 16.5. The number of rotatable bonds is 13. The van der Waals surface area contributed by atoms with Gasteiger partial charge >= 0.3 is 5.97 Å². The Hall–Kier alpha value is -4.46. The molecule has 0 saturated carbocycles. The Kier molecular flexibility index (Phi) is 11.2. The number of carbonyl (C=O) groups is 4. The number of methoxy groups -OCH3 is 1. The Morgan fingerprint density at radius 3 is 2.26 bits per heavy atom. The van der Waals surface area contributed by atoms with Gasteiger partial charge in [0.15, 0.2) is 0 Å². The first-order valence-electron chi connectivity index (χ1n) is 13.9. The maximum atomic E-state index is 14.1. The molecule has 43 heavy (non-hydrogen) atoms. The SMILES string of the molecule is CC[C@H](C)[C@@](C(=O)OC)(N(C(=O)CC(O)[C@@H](N)Cc1ccc(NC(=O)C(C)N)cc1)C(=O)c1ccccc1)n1ccnn1. The van der Waals surface area contributed by atoms with Crippen molar-refractivity contribution < 1.29 is 29.0 Å². The van der Waals surface area contributed by atoms with Gasteiger partial charge < -0.3 is 26.6 Å². The third-order valence-corrected chi connectivity index (χ3v) is 7.36. The molecule has 2 aromatic carbocycles. The van der Waals surface area contributed by atoms with Crippen LogP contribution < -0.4 is 16.8 Å². The summed E-state index contributed by atoms with van der Waals surface area (Å²) in [5.41, 5.74) is 11.3. The highest BCUT2D eigenvalue weighted by molar-refractivity contribution is 6.08. The summed E-state index contributed by atoms with van der Waals surface area (Å²) in [4.78, 5) is 54.4. The van der Waals surface area contributed by atoms with Gasteiger partial charge in [-0.25, -0.2) is 14.4 Å². The number of aliphatic hydroxyl groups is 1. The summed E-state index contributed by atoms with van der Waals surface area (Å²) >= 11 is 0. The van der Waals surface area contributed by atoms with E-state index in [9.17, 15) is 24.3 Å². The predicted molar refractivity (Wildman–Crippen MR) is 158 cm³/mol. The number of nitrogens with one attached hydrogen (secondary N) is 1. The lowest BCUT2D eigenvalue weighted by Gasteiger charge is -2.43. The van der Waals surface area contributed by atoms with Crippen LogP contribution >= 0.6 is 0 Å². The third kappa shape index (κ3) is 7.31. The molecule has 0 bridgehead atoms. The highest BCUT2D eigenvalue weighted by Gasteiger charge is 2.57. The average Bonchev–Trinajstić information content (AvgIpc) is 3.55. The highest BCUT2D eigenvalue weighted by Crippen LogP contribution is 2.36. The zero-order valence-electron chi connectivity index (χ0n) is 24.7. The van der Waals surface area contributed by atoms with E-state index in [1.54, 1.807) is 63.2 Å². The van der Waals surface area contributed by atoms with Crippen molar-refractivity contribution in [1.82, 2.24) is 19.9 Å². The standard InChI is InChI=1S/C30H39N7O6/c1-5-19(2)30(29(42)43-4,36-16-15-33-35-36)37(28(41)22-9-7-6-8-10-22)26(39)18-25(38)24(32)17-21-11-13-23(14-12-21)34-27(40)20(3)31/h6-16,19-20,24-25,38H,5,17-18,31-32H2,1-4H3,(H,34,40)/t19-,20?,24-,25?,30-/m0/s1. The van der Waals surface area contributed by atoms with Crippen LogP contribution in [0, 0.1) is 5.92 Å². The number of esters is 1. The van der Waals surface area contributed by atoms with E-state index < -0.39 is 54.0 Å². The number of nitrogens with two attached hydrogens (primary N) is 2. The molecule has 0 fully saturated rings. The summed E-state index contributed by atoms with van der Waals surface area (Å²) in [5.74, 6) is -3.55. The van der Waals surface area contributed by atoms with Crippen molar-refractivity contribution in [3.8, 4) is 0 Å². The molecule has 5 atom stereocenters. The number of imide groups is 1. The van der Waals surface area contributed by atoms with E-state index in [-0.39, 0.29) is 17.9 Å². The van der Waals surface area contributed by atoms with Crippen molar-refractivity contribution in [3.63, 3.8) is 0 Å². The fourth-order valence-electron chi connectivity index (χ4n) is 4.74. The minimum atomic E-state index is -2.05. The molecule has 3 amide bonds. The second-order valence-electron chi connectivity index (χ2n) is 10.4. The number of carbonyl (C=O) groups excluding carboxylic acids is 4. The topological polar surface area (TPSA) is 196 Å². The molecule has 0 spiro atoms. The molecule has 230 valence electrons. The van der Waals surface area contributed by atoms with Crippen LogP contribution in [0.15, 0.2) is 67.0 Å². The molecule has 3 rings (SSSR count). The first kappa shape index (κ1) is 33.0. The fourth-order valence-corrected chi connectivity index (χ4v) is 4.74. The fraction of sp³-hybridized carbons (Fsp3) is 0.400. The van der Waals surface area contributed by atoms with Gasteiger partial charge in [0, 0.05) is 29.4 Å². The van der Waals surface area contributed by atoms with Crippen molar-refractivity contribution in [2.75, 3.05) is 12.4 Å². The lowest BCUT2D eigenvalue weighted by atomic mass is 9.88. The second-order valence-corrected chi connectivity index (χ2v) is 10.4. The molecular formula is C30H39N7O6. The van der Waals surface area contributed by atoms with Gasteiger partial charge in [-0.15, -0.1) is 5.10 Å². The summed E-state index contributed by atoms with van der Waals surface area (Å²) < 4.78 is 6.31. The molecule has 0 saturated heterocycles. The van der Waals surface area contributed by atoms with E-state index in [4.69, 9.17) is 16.2 Å². The monoisotopic (exact) mass is 593 g/mol. The van der Waals surface area contributed by atoms with Gasteiger partial charge in [0.05, 0.1) is 31.9 Å². The molecule has 0 aliphatic rings. The van der Waals surface area contributed by atoms with Crippen LogP contribution in [0.3, 0.4) is 0 Å². The van der Waals surface area contributed by atoms with Gasteiger partial charge in [0.2, 0.25) is 17.5 Å². The summed E-state index contributed by atoms with van der Waals surface area (Å²) in [5, 5.41) is 21.6. The van der Waals surface area contributed by atoms with E-state index in [0.717, 1.165) is 22.3 Å². The molecule has 3 aromatic rings. The molecule has 0 aliphatic heterocycles. The number of ether oxygens (including phenoxy) is 1. The molecule has 1 aromatic heterocycles. The number of anilines is 1. The largest absolute Gasteiger partial charge is 0.466 e. The van der Waals surface area contributed by atoms with Gasteiger partial charge in [0.25, 0.3) is 5.91 Å². The summed E-state index contributed by atoms with van der Waals surface area (Å²) in [6, 6.07) is 13.2. The van der Waals surface area contributed by atoms with Crippen LogP contribution in [0.1, 0.15) is 49.5 Å². The number of aliphatic hydroxyl groups excluding tert-OH is 1. The molecule has 13 heteroatoms. The number of hydrogen-bond donors (Lipinski definition) is 4. The first-order chi connectivity index (χ1) is 20.5. The molecule has 0 aliphatic carbocycles. The Balaban J connectivity index is 1.94. The summed E-state index contributed by atoms with van der Waals surface area (Å²) in [6.45, 7) is 5.07. The van der Waals surface area contributed by atoms with Crippen LogP contribution in [0.25, 0.3) is 0 Å². The summed E-state index contributed by atoms with van der Waals surface area (Å²) in [7, 11) is 1.16. The number of benzene rings is 2. The number of aromatic nitrogens is 3. The molecular weight excluding hydrogens is 554 g/mol. The lowest BCUT2D eigenvalue weighted by molar-refractivity contribution is -0.175. The Morgan fingerprint density at radius 2 is 1.72 bits per heavy atom. The number of nitrogens with zero attached hydrogens (tertiary/aromatic N) is 4. The predicted octanol–water partition coefficient (Wildman–Crippen LogP) is 1.43. The van der Waals surface area contributed by atoms with Crippen molar-refractivity contribution >= 4 is 29.4 Å². The van der Waals surface area contributed by atoms with Crippen molar-refractivity contribution in [3.05, 3.63) is 78.1 Å². The number of amides is 3. The quantitative estimate of drug-likeness (QED) is 0.210. The summed E-state index contributed by atoms with van der Waals surface area (Å²) in [6.07, 6.45) is 1.27. The van der Waals surface area contributed by atoms with Crippen LogP contribution in [0.5, 0.6) is 0 Å². The van der Waals surface area contributed by atoms with Crippen LogP contribution in [-0.4, -0.2) is 74.0 Å². The van der Waals surface area contributed by atoms with Crippen molar-refractivity contribution in [1.29, 1.82) is 0 Å². The first-order valence-corrected chi connectivity index (χ1v) is 13.9. The van der Waals surface area contributed by atoms with Gasteiger partial charge in [-0.1, -0.05) is 49.4 Å². The molecule has 13 nitrogen and oxygen atoms in total. The number of hydrogen-bond acceptors (Lipinski definition) is 10. The zero-order chi connectivity index (χ0) is 31.7. The zero-order valence-corrected chi connectivity index (χ0v) is 24.7. The van der Waals surface area contributed by atoms with Gasteiger partial charge in [0.1, 0.15) is 0 Å². The van der Waals surface area contributed by atoms with E-state index in [0.29, 0.717) is 12.1 Å². The molecule has 6 N–H and O–H groups in total. The van der Waals surface area contributed by atoms with Gasteiger partial charge in [-0.05, 0) is 49.6 Å². The maximum Gasteiger partial charge on any atom is 0.355 e. The van der Waals surface area contributed by atoms with Crippen molar-refractivity contribution in [2.24, 2.45) is 17.4 Å². The van der Waals surface area contributed by atoms with E-state index in [1.807, 2.05) is 0 Å². The van der Waals surface area contributed by atoms with Crippen LogP contribution in [0.4, 0.5) is 5.69 Å². The smallest absolute Gasteiger partial charge is 0.355 e. The third-order valence-electron chi connectivity index (χ3n) is 7.36.